The lowest BCUT2D eigenvalue weighted by Crippen LogP contribution is -2.39. The summed E-state index contributed by atoms with van der Waals surface area (Å²) < 4.78 is 0. The van der Waals surface area contributed by atoms with Gasteiger partial charge in [0.25, 0.3) is 0 Å². The van der Waals surface area contributed by atoms with Crippen molar-refractivity contribution < 1.29 is 5.11 Å². The monoisotopic (exact) mass is 261 g/mol. The Balaban J connectivity index is 2.07. The molecule has 2 N–H and O–H groups in total. The van der Waals surface area contributed by atoms with Gasteiger partial charge in [0.15, 0.2) is 0 Å². The van der Waals surface area contributed by atoms with Crippen molar-refractivity contribution >= 4 is 0 Å². The molecule has 0 aromatic heterocycles. The van der Waals surface area contributed by atoms with Crippen molar-refractivity contribution in [1.82, 2.24) is 5.32 Å². The number of nitrogens with one attached hydrogen (secondary N) is 1. The molecule has 1 saturated carbocycles. The molecule has 3 unspecified atom stereocenters. The summed E-state index contributed by atoms with van der Waals surface area (Å²) in [5.74, 6) is 1.21. The van der Waals surface area contributed by atoms with Crippen LogP contribution in [0.1, 0.15) is 63.1 Å². The molecule has 0 aliphatic heterocycles. The Labute approximate surface area is 117 Å². The normalized spacial score (nSPS) is 25.2. The van der Waals surface area contributed by atoms with Crippen LogP contribution >= 0.6 is 0 Å². The van der Waals surface area contributed by atoms with Gasteiger partial charge in [-0.05, 0) is 38.7 Å². The van der Waals surface area contributed by atoms with Crippen LogP contribution in [0.25, 0.3) is 0 Å². The largest absolute Gasteiger partial charge is 0.508 e. The van der Waals surface area contributed by atoms with Crippen LogP contribution in [0.15, 0.2) is 18.2 Å². The van der Waals surface area contributed by atoms with E-state index in [4.69, 9.17) is 0 Å². The Morgan fingerprint density at radius 2 is 2.05 bits per heavy atom. The molecule has 0 spiro atoms. The Hall–Kier alpha value is -1.02. The van der Waals surface area contributed by atoms with Gasteiger partial charge >= 0.3 is 0 Å². The van der Waals surface area contributed by atoms with Crippen LogP contribution in [-0.4, -0.2) is 11.1 Å². The molecular weight excluding hydrogens is 234 g/mol. The highest BCUT2D eigenvalue weighted by Gasteiger charge is 2.25. The van der Waals surface area contributed by atoms with Gasteiger partial charge in [-0.15, -0.1) is 0 Å². The number of aryl methyl sites for hydroxylation is 1. The Kier molecular flexibility index (Phi) is 4.87. The standard InChI is InChI=1S/C17H27NO/c1-4-14-7-5-6-8-16(14)18-13(3)15-11-12(2)9-10-17(15)19/h9-11,13-14,16,18-19H,4-8H2,1-3H3. The number of benzene rings is 1. The van der Waals surface area contributed by atoms with E-state index < -0.39 is 0 Å². The van der Waals surface area contributed by atoms with Gasteiger partial charge in [-0.3, -0.25) is 0 Å². The molecule has 1 fully saturated rings. The molecule has 3 atom stereocenters. The average Bonchev–Trinajstić information content (AvgIpc) is 2.42. The fourth-order valence-electron chi connectivity index (χ4n) is 3.35. The molecule has 0 heterocycles. The first kappa shape index (κ1) is 14.4. The second kappa shape index (κ2) is 6.42. The molecule has 1 aliphatic rings. The summed E-state index contributed by atoms with van der Waals surface area (Å²) in [5, 5.41) is 13.8. The molecule has 2 heteroatoms. The highest BCUT2D eigenvalue weighted by Crippen LogP contribution is 2.31. The Bertz CT molecular complexity index is 416. The molecule has 0 bridgehead atoms. The molecule has 1 aromatic rings. The predicted octanol–water partition coefficient (Wildman–Crippen LogP) is 4.32. The highest BCUT2D eigenvalue weighted by molar-refractivity contribution is 5.37. The van der Waals surface area contributed by atoms with E-state index in [1.807, 2.05) is 6.07 Å². The SMILES string of the molecule is CCC1CCCCC1NC(C)c1cc(C)ccc1O. The van der Waals surface area contributed by atoms with Crippen molar-refractivity contribution in [3.05, 3.63) is 29.3 Å². The lowest BCUT2D eigenvalue weighted by Gasteiger charge is -2.34. The summed E-state index contributed by atoms with van der Waals surface area (Å²) >= 11 is 0. The zero-order chi connectivity index (χ0) is 13.8. The maximum atomic E-state index is 10.0. The zero-order valence-electron chi connectivity index (χ0n) is 12.4. The summed E-state index contributed by atoms with van der Waals surface area (Å²) in [4.78, 5) is 0. The fraction of sp³-hybridized carbons (Fsp3) is 0.647. The third-order valence-corrected chi connectivity index (χ3v) is 4.55. The minimum Gasteiger partial charge on any atom is -0.508 e. The smallest absolute Gasteiger partial charge is 0.120 e. The van der Waals surface area contributed by atoms with E-state index in [9.17, 15) is 5.11 Å². The maximum Gasteiger partial charge on any atom is 0.120 e. The van der Waals surface area contributed by atoms with Gasteiger partial charge < -0.3 is 10.4 Å². The van der Waals surface area contributed by atoms with Crippen molar-refractivity contribution in [2.24, 2.45) is 5.92 Å². The minimum absolute atomic E-state index is 0.219. The predicted molar refractivity (Wildman–Crippen MR) is 80.4 cm³/mol. The van der Waals surface area contributed by atoms with Crippen molar-refractivity contribution in [3.63, 3.8) is 0 Å². The lowest BCUT2D eigenvalue weighted by atomic mass is 9.82. The van der Waals surface area contributed by atoms with E-state index in [1.54, 1.807) is 6.07 Å². The number of hydrogen-bond acceptors (Lipinski definition) is 2. The van der Waals surface area contributed by atoms with Crippen LogP contribution in [-0.2, 0) is 0 Å². The first-order chi connectivity index (χ1) is 9.11. The molecular formula is C17H27NO. The van der Waals surface area contributed by atoms with Crippen LogP contribution in [0, 0.1) is 12.8 Å². The molecule has 2 rings (SSSR count). The van der Waals surface area contributed by atoms with Gasteiger partial charge in [0.2, 0.25) is 0 Å². The van der Waals surface area contributed by atoms with Crippen LogP contribution < -0.4 is 5.32 Å². The summed E-state index contributed by atoms with van der Waals surface area (Å²) in [6.45, 7) is 6.53. The van der Waals surface area contributed by atoms with Crippen LogP contribution in [0.3, 0.4) is 0 Å². The average molecular weight is 261 g/mol. The highest BCUT2D eigenvalue weighted by atomic mass is 16.3. The van der Waals surface area contributed by atoms with Gasteiger partial charge in [-0.1, -0.05) is 43.9 Å². The summed E-state index contributed by atoms with van der Waals surface area (Å²) in [5.41, 5.74) is 2.23. The molecule has 0 saturated heterocycles. The van der Waals surface area contributed by atoms with Gasteiger partial charge in [0, 0.05) is 17.6 Å². The molecule has 1 aliphatic carbocycles. The van der Waals surface area contributed by atoms with Crippen molar-refractivity contribution in [1.29, 1.82) is 0 Å². The summed E-state index contributed by atoms with van der Waals surface area (Å²) in [6, 6.07) is 6.68. The van der Waals surface area contributed by atoms with E-state index in [0.717, 1.165) is 11.5 Å². The number of phenols is 1. The number of phenolic OH excluding ortho intramolecular Hbond substituents is 1. The summed E-state index contributed by atoms with van der Waals surface area (Å²) in [6.07, 6.45) is 6.59. The second-order valence-corrected chi connectivity index (χ2v) is 6.01. The maximum absolute atomic E-state index is 10.0. The minimum atomic E-state index is 0.219. The van der Waals surface area contributed by atoms with Gasteiger partial charge in [0.05, 0.1) is 0 Å². The Morgan fingerprint density at radius 3 is 2.79 bits per heavy atom. The van der Waals surface area contributed by atoms with E-state index in [2.05, 4.69) is 32.2 Å². The first-order valence-electron chi connectivity index (χ1n) is 7.67. The Morgan fingerprint density at radius 1 is 1.32 bits per heavy atom. The third-order valence-electron chi connectivity index (χ3n) is 4.55. The fourth-order valence-corrected chi connectivity index (χ4v) is 3.35. The number of aromatic hydroxyl groups is 1. The summed E-state index contributed by atoms with van der Waals surface area (Å²) in [7, 11) is 0. The van der Waals surface area contributed by atoms with Crippen molar-refractivity contribution in [3.8, 4) is 5.75 Å². The van der Waals surface area contributed by atoms with E-state index in [-0.39, 0.29) is 6.04 Å². The zero-order valence-corrected chi connectivity index (χ0v) is 12.4. The molecule has 106 valence electrons. The van der Waals surface area contributed by atoms with Crippen molar-refractivity contribution in [2.75, 3.05) is 0 Å². The van der Waals surface area contributed by atoms with Gasteiger partial charge in [0.1, 0.15) is 5.75 Å². The van der Waals surface area contributed by atoms with E-state index in [1.165, 1.54) is 37.7 Å². The topological polar surface area (TPSA) is 32.3 Å². The van der Waals surface area contributed by atoms with Crippen LogP contribution in [0.4, 0.5) is 0 Å². The first-order valence-corrected chi connectivity index (χ1v) is 7.67. The van der Waals surface area contributed by atoms with Crippen molar-refractivity contribution in [2.45, 2.75) is 65.0 Å². The van der Waals surface area contributed by atoms with E-state index >= 15 is 0 Å². The van der Waals surface area contributed by atoms with E-state index in [0.29, 0.717) is 11.8 Å². The second-order valence-electron chi connectivity index (χ2n) is 6.01. The van der Waals surface area contributed by atoms with Gasteiger partial charge in [-0.2, -0.15) is 0 Å². The quantitative estimate of drug-likeness (QED) is 0.846. The van der Waals surface area contributed by atoms with Crippen LogP contribution in [0.2, 0.25) is 0 Å². The molecule has 1 aromatic carbocycles. The van der Waals surface area contributed by atoms with Crippen LogP contribution in [0.5, 0.6) is 5.75 Å². The molecule has 0 amide bonds. The molecule has 2 nitrogen and oxygen atoms in total. The number of hydrogen-bond donors (Lipinski definition) is 2. The van der Waals surface area contributed by atoms with Gasteiger partial charge in [-0.25, -0.2) is 0 Å². The molecule has 0 radical (unpaired) electrons. The molecule has 19 heavy (non-hydrogen) atoms. The number of rotatable bonds is 4. The third kappa shape index (κ3) is 3.50. The lowest BCUT2D eigenvalue weighted by molar-refractivity contribution is 0.239.